The Morgan fingerprint density at radius 3 is 2.56 bits per heavy atom. The quantitative estimate of drug-likeness (QED) is 0.162. The zero-order valence-electron chi connectivity index (χ0n) is 19.3. The molecule has 1 atom stereocenters. The molecule has 32 heavy (non-hydrogen) atoms. The van der Waals surface area contributed by atoms with Crippen LogP contribution < -0.4 is 20.7 Å². The van der Waals surface area contributed by atoms with E-state index in [0.717, 1.165) is 40.7 Å². The van der Waals surface area contributed by atoms with Crippen LogP contribution in [-0.4, -0.2) is 52.5 Å². The first-order valence-corrected chi connectivity index (χ1v) is 10.5. The van der Waals surface area contributed by atoms with E-state index >= 15 is 0 Å². The van der Waals surface area contributed by atoms with Crippen molar-refractivity contribution in [2.45, 2.75) is 26.8 Å². The number of rotatable bonds is 9. The largest absolute Gasteiger partial charge is 0.493 e. The van der Waals surface area contributed by atoms with Crippen molar-refractivity contribution in [3.8, 4) is 5.75 Å². The van der Waals surface area contributed by atoms with E-state index in [4.69, 9.17) is 4.74 Å². The number of halogens is 1. The molecule has 3 N–H and O–H groups in total. The Morgan fingerprint density at radius 1 is 1.12 bits per heavy atom. The molecule has 0 aliphatic carbocycles. The Balaban J connectivity index is 0.00000363. The number of benzene rings is 1. The molecule has 2 heterocycles. The van der Waals surface area contributed by atoms with Crippen molar-refractivity contribution in [3.63, 3.8) is 0 Å². The molecule has 3 aromatic rings. The van der Waals surface area contributed by atoms with Crippen LogP contribution in [0.15, 0.2) is 41.8 Å². The molecule has 0 bridgehead atoms. The first kappa shape index (κ1) is 25.6. The third-order valence-electron chi connectivity index (χ3n) is 4.78. The van der Waals surface area contributed by atoms with Gasteiger partial charge in [-0.3, -0.25) is 9.67 Å². The monoisotopic (exact) mass is 552 g/mol. The van der Waals surface area contributed by atoms with Crippen molar-refractivity contribution in [2.75, 3.05) is 32.1 Å². The van der Waals surface area contributed by atoms with Gasteiger partial charge in [0.2, 0.25) is 0 Å². The molecule has 3 rings (SSSR count). The van der Waals surface area contributed by atoms with E-state index in [1.54, 1.807) is 24.3 Å². The fourth-order valence-corrected chi connectivity index (χ4v) is 3.06. The van der Waals surface area contributed by atoms with E-state index in [9.17, 15) is 0 Å². The summed E-state index contributed by atoms with van der Waals surface area (Å²) < 4.78 is 7.49. The van der Waals surface area contributed by atoms with E-state index in [2.05, 4.69) is 68.9 Å². The number of fused-ring (bicyclic) bond motifs is 1. The topological polar surface area (TPSA) is 101 Å². The lowest BCUT2D eigenvalue weighted by molar-refractivity contribution is 0.271. The Bertz CT molecular complexity index is 1000. The Morgan fingerprint density at radius 2 is 1.88 bits per heavy atom. The number of hydrogen-bond acceptors (Lipinski definition) is 6. The number of aromatic nitrogens is 4. The highest BCUT2D eigenvalue weighted by molar-refractivity contribution is 14.0. The second-order valence-electron chi connectivity index (χ2n) is 7.79. The van der Waals surface area contributed by atoms with Gasteiger partial charge >= 0.3 is 0 Å². The summed E-state index contributed by atoms with van der Waals surface area (Å²) >= 11 is 0. The van der Waals surface area contributed by atoms with E-state index in [0.29, 0.717) is 19.0 Å². The molecule has 1 aromatic carbocycles. The lowest BCUT2D eigenvalue weighted by atomic mass is 10.1. The highest BCUT2D eigenvalue weighted by Gasteiger charge is 2.09. The minimum atomic E-state index is 0. The molecule has 0 spiro atoms. The van der Waals surface area contributed by atoms with Gasteiger partial charge in [-0.1, -0.05) is 26.0 Å². The fourth-order valence-electron chi connectivity index (χ4n) is 3.06. The SMILES string of the molecule is CN=C(NCCNc1ncnc2c1cnn2C)NC(C)c1ccc(OCC(C)C)cc1.I. The summed E-state index contributed by atoms with van der Waals surface area (Å²) in [6.07, 6.45) is 3.31. The van der Waals surface area contributed by atoms with Gasteiger partial charge in [0.1, 0.15) is 17.9 Å². The molecule has 0 amide bonds. The molecule has 0 fully saturated rings. The van der Waals surface area contributed by atoms with Crippen molar-refractivity contribution >= 4 is 46.8 Å². The first-order chi connectivity index (χ1) is 15.0. The summed E-state index contributed by atoms with van der Waals surface area (Å²) in [5.74, 6) is 2.92. The van der Waals surface area contributed by atoms with Gasteiger partial charge in [-0.2, -0.15) is 5.10 Å². The van der Waals surface area contributed by atoms with Gasteiger partial charge < -0.3 is 20.7 Å². The Kier molecular flexibility index (Phi) is 9.95. The van der Waals surface area contributed by atoms with E-state index in [1.165, 1.54) is 0 Å². The minimum Gasteiger partial charge on any atom is -0.493 e. The van der Waals surface area contributed by atoms with Crippen molar-refractivity contribution in [3.05, 3.63) is 42.4 Å². The average Bonchev–Trinajstić information content (AvgIpc) is 3.16. The smallest absolute Gasteiger partial charge is 0.191 e. The summed E-state index contributed by atoms with van der Waals surface area (Å²) in [4.78, 5) is 12.9. The summed E-state index contributed by atoms with van der Waals surface area (Å²) in [5, 5.41) is 15.2. The molecule has 2 aromatic heterocycles. The van der Waals surface area contributed by atoms with Crippen LogP contribution in [0.5, 0.6) is 5.75 Å². The van der Waals surface area contributed by atoms with E-state index in [-0.39, 0.29) is 30.0 Å². The predicted octanol–water partition coefficient (Wildman–Crippen LogP) is 3.35. The molecular weight excluding hydrogens is 519 g/mol. The molecule has 1 unspecified atom stereocenters. The number of nitrogens with one attached hydrogen (secondary N) is 3. The van der Waals surface area contributed by atoms with Gasteiger partial charge in [-0.25, -0.2) is 9.97 Å². The number of anilines is 1. The van der Waals surface area contributed by atoms with Gasteiger partial charge in [-0.05, 0) is 30.5 Å². The highest BCUT2D eigenvalue weighted by Crippen LogP contribution is 2.18. The molecule has 0 aliphatic rings. The standard InChI is InChI=1S/C22H32N8O.HI/c1-15(2)13-31-18-8-6-17(7-9-18)16(3)29-22(23-4)25-11-10-24-20-19-12-28-30(5)21(19)27-14-26-20;/h6-9,12,14-16H,10-11,13H2,1-5H3,(H2,23,25,29)(H,24,26,27);1H. The van der Waals surface area contributed by atoms with Crippen LogP contribution in [0.4, 0.5) is 5.82 Å². The molecule has 0 radical (unpaired) electrons. The molecule has 0 saturated carbocycles. The van der Waals surface area contributed by atoms with Crippen LogP contribution in [0.3, 0.4) is 0 Å². The Labute approximate surface area is 206 Å². The number of hydrogen-bond donors (Lipinski definition) is 3. The van der Waals surface area contributed by atoms with Crippen molar-refractivity contribution < 1.29 is 4.74 Å². The summed E-state index contributed by atoms with van der Waals surface area (Å²) in [6.45, 7) is 8.47. The van der Waals surface area contributed by atoms with Crippen LogP contribution in [0.1, 0.15) is 32.4 Å². The van der Waals surface area contributed by atoms with Crippen molar-refractivity contribution in [1.82, 2.24) is 30.4 Å². The van der Waals surface area contributed by atoms with Gasteiger partial charge in [0, 0.05) is 27.2 Å². The summed E-state index contributed by atoms with van der Waals surface area (Å²) in [5.41, 5.74) is 1.97. The number of ether oxygens (including phenoxy) is 1. The fraction of sp³-hybridized carbons (Fsp3) is 0.455. The third-order valence-corrected chi connectivity index (χ3v) is 4.78. The maximum atomic E-state index is 5.76. The third kappa shape index (κ3) is 6.94. The van der Waals surface area contributed by atoms with Gasteiger partial charge in [0.05, 0.1) is 24.2 Å². The highest BCUT2D eigenvalue weighted by atomic mass is 127. The zero-order chi connectivity index (χ0) is 22.2. The normalized spacial score (nSPS) is 12.4. The second-order valence-corrected chi connectivity index (χ2v) is 7.79. The van der Waals surface area contributed by atoms with Gasteiger partial charge in [-0.15, -0.1) is 24.0 Å². The van der Waals surface area contributed by atoms with Crippen LogP contribution in [0, 0.1) is 5.92 Å². The number of aliphatic imine (C=N–C) groups is 1. The van der Waals surface area contributed by atoms with Crippen molar-refractivity contribution in [2.24, 2.45) is 18.0 Å². The molecule has 174 valence electrons. The lowest BCUT2D eigenvalue weighted by Crippen LogP contribution is -2.40. The number of guanidine groups is 1. The number of nitrogens with zero attached hydrogens (tertiary/aromatic N) is 5. The van der Waals surface area contributed by atoms with Crippen LogP contribution in [0.2, 0.25) is 0 Å². The van der Waals surface area contributed by atoms with Crippen molar-refractivity contribution in [1.29, 1.82) is 0 Å². The summed E-state index contributed by atoms with van der Waals surface area (Å²) in [7, 11) is 3.63. The van der Waals surface area contributed by atoms with Gasteiger partial charge in [0.25, 0.3) is 0 Å². The molecule has 10 heteroatoms. The lowest BCUT2D eigenvalue weighted by Gasteiger charge is -2.19. The van der Waals surface area contributed by atoms with Crippen LogP contribution >= 0.6 is 24.0 Å². The predicted molar refractivity (Wildman–Crippen MR) is 140 cm³/mol. The Hall–Kier alpha value is -2.63. The van der Waals surface area contributed by atoms with Gasteiger partial charge in [0.15, 0.2) is 11.6 Å². The average molecular weight is 552 g/mol. The van der Waals surface area contributed by atoms with Crippen LogP contribution in [0.25, 0.3) is 11.0 Å². The first-order valence-electron chi connectivity index (χ1n) is 10.5. The summed E-state index contributed by atoms with van der Waals surface area (Å²) in [6, 6.07) is 8.29. The molecule has 9 nitrogen and oxygen atoms in total. The van der Waals surface area contributed by atoms with E-state index < -0.39 is 0 Å². The number of aryl methyl sites for hydroxylation is 1. The molecule has 0 aliphatic heterocycles. The molecule has 0 saturated heterocycles. The maximum Gasteiger partial charge on any atom is 0.191 e. The zero-order valence-corrected chi connectivity index (χ0v) is 21.6. The maximum absolute atomic E-state index is 5.76. The minimum absolute atomic E-state index is 0. The van der Waals surface area contributed by atoms with Crippen LogP contribution in [-0.2, 0) is 7.05 Å². The second kappa shape index (κ2) is 12.4. The van der Waals surface area contributed by atoms with E-state index in [1.807, 2.05) is 19.2 Å². The molecular formula is C22H33IN8O.